The van der Waals surface area contributed by atoms with Crippen LogP contribution < -0.4 is 5.32 Å². The van der Waals surface area contributed by atoms with Crippen LogP contribution in [-0.2, 0) is 16.0 Å². The van der Waals surface area contributed by atoms with Crippen molar-refractivity contribution in [2.45, 2.75) is 27.2 Å². The van der Waals surface area contributed by atoms with Gasteiger partial charge in [-0.25, -0.2) is 4.98 Å². The summed E-state index contributed by atoms with van der Waals surface area (Å²) in [6, 6.07) is 15.3. The summed E-state index contributed by atoms with van der Waals surface area (Å²) in [7, 11) is 1.61. The van der Waals surface area contributed by atoms with Crippen LogP contribution in [0, 0.1) is 20.8 Å². The molecule has 3 rings (SSSR count). The standard InChI is InChI=1S/C23H25N3O3/c1-15-9-8-12-19(16(15)2)24-21(27)14-26(4)22(28)13-20-17(3)29-23(25-20)18-10-6-5-7-11-18/h5-12H,13-14H2,1-4H3,(H,24,27). The van der Waals surface area contributed by atoms with Gasteiger partial charge in [-0.05, 0) is 50.1 Å². The number of rotatable bonds is 6. The number of nitrogens with zero attached hydrogens (tertiary/aromatic N) is 2. The van der Waals surface area contributed by atoms with Gasteiger partial charge in [-0.2, -0.15) is 0 Å². The number of anilines is 1. The van der Waals surface area contributed by atoms with E-state index in [2.05, 4.69) is 10.3 Å². The third-order valence-electron chi connectivity index (χ3n) is 4.92. The first kappa shape index (κ1) is 20.3. The number of benzene rings is 2. The lowest BCUT2D eigenvalue weighted by atomic mass is 10.1. The van der Waals surface area contributed by atoms with E-state index in [1.807, 2.05) is 62.4 Å². The number of oxazole rings is 1. The van der Waals surface area contributed by atoms with Gasteiger partial charge in [0.15, 0.2) is 0 Å². The highest BCUT2D eigenvalue weighted by Gasteiger charge is 2.19. The predicted octanol–water partition coefficient (Wildman–Crippen LogP) is 3.91. The number of likely N-dealkylation sites (N-methyl/N-ethyl adjacent to an activating group) is 1. The van der Waals surface area contributed by atoms with Crippen LogP contribution >= 0.6 is 0 Å². The van der Waals surface area contributed by atoms with Gasteiger partial charge >= 0.3 is 0 Å². The molecule has 1 N–H and O–H groups in total. The molecule has 0 radical (unpaired) electrons. The molecule has 0 saturated heterocycles. The van der Waals surface area contributed by atoms with E-state index >= 15 is 0 Å². The minimum Gasteiger partial charge on any atom is -0.441 e. The Morgan fingerprint density at radius 2 is 1.76 bits per heavy atom. The quantitative estimate of drug-likeness (QED) is 0.691. The van der Waals surface area contributed by atoms with Gasteiger partial charge in [0.05, 0.1) is 18.7 Å². The summed E-state index contributed by atoms with van der Waals surface area (Å²) >= 11 is 0. The molecule has 0 aliphatic heterocycles. The number of carbonyl (C=O) groups is 2. The Bertz CT molecular complexity index is 1030. The van der Waals surface area contributed by atoms with Crippen LogP contribution in [0.2, 0.25) is 0 Å². The van der Waals surface area contributed by atoms with Gasteiger partial charge < -0.3 is 14.6 Å². The molecule has 1 aromatic heterocycles. The van der Waals surface area contributed by atoms with Crippen molar-refractivity contribution in [2.75, 3.05) is 18.9 Å². The summed E-state index contributed by atoms with van der Waals surface area (Å²) in [5.74, 6) is 0.653. The van der Waals surface area contributed by atoms with Gasteiger partial charge in [0, 0.05) is 18.3 Å². The highest BCUT2D eigenvalue weighted by atomic mass is 16.4. The fourth-order valence-electron chi connectivity index (χ4n) is 2.95. The number of hydrogen-bond donors (Lipinski definition) is 1. The fourth-order valence-corrected chi connectivity index (χ4v) is 2.95. The lowest BCUT2D eigenvalue weighted by Gasteiger charge is -2.17. The zero-order chi connectivity index (χ0) is 21.0. The van der Waals surface area contributed by atoms with E-state index in [0.717, 1.165) is 22.4 Å². The maximum Gasteiger partial charge on any atom is 0.243 e. The molecular weight excluding hydrogens is 366 g/mol. The molecule has 0 bridgehead atoms. The largest absolute Gasteiger partial charge is 0.441 e. The van der Waals surface area contributed by atoms with Crippen molar-refractivity contribution < 1.29 is 14.0 Å². The number of hydrogen-bond acceptors (Lipinski definition) is 4. The van der Waals surface area contributed by atoms with Crippen molar-refractivity contribution in [3.8, 4) is 11.5 Å². The second-order valence-electron chi connectivity index (χ2n) is 7.11. The second kappa shape index (κ2) is 8.73. The Balaban J connectivity index is 1.61. The number of aryl methyl sites for hydroxylation is 2. The van der Waals surface area contributed by atoms with E-state index in [4.69, 9.17) is 4.42 Å². The van der Waals surface area contributed by atoms with E-state index in [0.29, 0.717) is 17.3 Å². The topological polar surface area (TPSA) is 75.4 Å². The Labute approximate surface area is 170 Å². The predicted molar refractivity (Wildman–Crippen MR) is 113 cm³/mol. The monoisotopic (exact) mass is 391 g/mol. The Kier molecular flexibility index (Phi) is 6.12. The smallest absolute Gasteiger partial charge is 0.243 e. The average molecular weight is 391 g/mol. The van der Waals surface area contributed by atoms with Crippen LogP contribution in [0.1, 0.15) is 22.6 Å². The van der Waals surface area contributed by atoms with Crippen molar-refractivity contribution in [3.63, 3.8) is 0 Å². The molecular formula is C23H25N3O3. The third-order valence-corrected chi connectivity index (χ3v) is 4.92. The van der Waals surface area contributed by atoms with E-state index < -0.39 is 0 Å². The Morgan fingerprint density at radius 3 is 2.48 bits per heavy atom. The second-order valence-corrected chi connectivity index (χ2v) is 7.11. The van der Waals surface area contributed by atoms with Gasteiger partial charge in [0.2, 0.25) is 17.7 Å². The minimum atomic E-state index is -0.239. The molecule has 0 aliphatic rings. The van der Waals surface area contributed by atoms with Crippen molar-refractivity contribution in [3.05, 3.63) is 71.1 Å². The molecule has 29 heavy (non-hydrogen) atoms. The number of aromatic nitrogens is 1. The van der Waals surface area contributed by atoms with Crippen LogP contribution in [0.15, 0.2) is 52.9 Å². The SMILES string of the molecule is Cc1cccc(NC(=O)CN(C)C(=O)Cc2nc(-c3ccccc3)oc2C)c1C. The normalized spacial score (nSPS) is 10.6. The lowest BCUT2D eigenvalue weighted by molar-refractivity contribution is -0.132. The van der Waals surface area contributed by atoms with Crippen LogP contribution in [0.5, 0.6) is 0 Å². The molecule has 0 unspecified atom stereocenters. The summed E-state index contributed by atoms with van der Waals surface area (Å²) in [4.78, 5) is 30.8. The number of nitrogens with one attached hydrogen (secondary N) is 1. The van der Waals surface area contributed by atoms with E-state index in [1.54, 1.807) is 14.0 Å². The molecule has 6 nitrogen and oxygen atoms in total. The average Bonchev–Trinajstić information content (AvgIpc) is 3.06. The molecule has 3 aromatic rings. The molecule has 0 atom stereocenters. The molecule has 2 amide bonds. The minimum absolute atomic E-state index is 0.0331. The van der Waals surface area contributed by atoms with Gasteiger partial charge in [-0.15, -0.1) is 0 Å². The van der Waals surface area contributed by atoms with Crippen molar-refractivity contribution in [1.82, 2.24) is 9.88 Å². The summed E-state index contributed by atoms with van der Waals surface area (Å²) in [6.07, 6.45) is 0.0788. The molecule has 0 aliphatic carbocycles. The van der Waals surface area contributed by atoms with Crippen LogP contribution in [0.3, 0.4) is 0 Å². The molecule has 150 valence electrons. The van der Waals surface area contributed by atoms with E-state index in [-0.39, 0.29) is 24.8 Å². The molecule has 0 saturated carbocycles. The van der Waals surface area contributed by atoms with Crippen LogP contribution in [0.25, 0.3) is 11.5 Å². The first-order valence-corrected chi connectivity index (χ1v) is 9.47. The Hall–Kier alpha value is -3.41. The molecule has 0 fully saturated rings. The van der Waals surface area contributed by atoms with Crippen molar-refractivity contribution in [1.29, 1.82) is 0 Å². The van der Waals surface area contributed by atoms with Gasteiger partial charge in [0.25, 0.3) is 0 Å². The number of amides is 2. The van der Waals surface area contributed by atoms with E-state index in [9.17, 15) is 9.59 Å². The first-order chi connectivity index (χ1) is 13.8. The molecule has 1 heterocycles. The lowest BCUT2D eigenvalue weighted by Crippen LogP contribution is -2.36. The summed E-state index contributed by atoms with van der Waals surface area (Å²) in [5.41, 5.74) is 4.31. The highest BCUT2D eigenvalue weighted by molar-refractivity contribution is 5.95. The summed E-state index contributed by atoms with van der Waals surface area (Å²) < 4.78 is 5.70. The maximum atomic E-state index is 12.6. The third kappa shape index (κ3) is 4.90. The maximum absolute atomic E-state index is 12.6. The van der Waals surface area contributed by atoms with Gasteiger partial charge in [0.1, 0.15) is 5.76 Å². The van der Waals surface area contributed by atoms with Crippen LogP contribution in [-0.4, -0.2) is 35.3 Å². The zero-order valence-corrected chi connectivity index (χ0v) is 17.2. The molecule has 0 spiro atoms. The zero-order valence-electron chi connectivity index (χ0n) is 17.2. The van der Waals surface area contributed by atoms with Crippen LogP contribution in [0.4, 0.5) is 5.69 Å². The van der Waals surface area contributed by atoms with Gasteiger partial charge in [-0.3, -0.25) is 9.59 Å². The van der Waals surface area contributed by atoms with E-state index in [1.165, 1.54) is 4.90 Å². The van der Waals surface area contributed by atoms with Gasteiger partial charge in [-0.1, -0.05) is 30.3 Å². The van der Waals surface area contributed by atoms with Crippen molar-refractivity contribution >= 4 is 17.5 Å². The molecule has 2 aromatic carbocycles. The molecule has 6 heteroatoms. The first-order valence-electron chi connectivity index (χ1n) is 9.47. The summed E-state index contributed by atoms with van der Waals surface area (Å²) in [6.45, 7) is 5.70. The summed E-state index contributed by atoms with van der Waals surface area (Å²) in [5, 5.41) is 2.87. The Morgan fingerprint density at radius 1 is 1.03 bits per heavy atom. The highest BCUT2D eigenvalue weighted by Crippen LogP contribution is 2.22. The number of carbonyl (C=O) groups excluding carboxylic acids is 2. The van der Waals surface area contributed by atoms with Crippen molar-refractivity contribution in [2.24, 2.45) is 0 Å². The fraction of sp³-hybridized carbons (Fsp3) is 0.261.